The van der Waals surface area contributed by atoms with Crippen LogP contribution in [0.15, 0.2) is 332 Å². The second-order valence-corrected chi connectivity index (χ2v) is 29.3. The van der Waals surface area contributed by atoms with Crippen LogP contribution in [0.25, 0.3) is 142 Å². The molecular weight excluding hydrogens is 1110 g/mol. The van der Waals surface area contributed by atoms with Gasteiger partial charge in [-0.05, 0) is 95.6 Å². The topological polar surface area (TPSA) is 23.0 Å². The van der Waals surface area contributed by atoms with Crippen LogP contribution in [0.5, 0.6) is 0 Å². The van der Waals surface area contributed by atoms with E-state index in [2.05, 4.69) is 331 Å². The van der Waals surface area contributed by atoms with Crippen LogP contribution >= 0.6 is 11.3 Å². The molecule has 3 nitrogen and oxygen atoms in total. The molecule has 4 heterocycles. The Morgan fingerprint density at radius 3 is 1.18 bits per heavy atom. The Labute approximate surface area is 519 Å². The van der Waals surface area contributed by atoms with Crippen molar-refractivity contribution in [2.24, 2.45) is 0 Å². The van der Waals surface area contributed by atoms with Crippen molar-refractivity contribution >= 4 is 126 Å². The Balaban J connectivity index is 0.748. The molecule has 18 aromatic rings. The first kappa shape index (κ1) is 51.2. The molecule has 14 aromatic carbocycles. The molecule has 18 rings (SSSR count). The number of nitrogens with zero attached hydrogens (tertiary/aromatic N) is 2. The minimum Gasteiger partial charge on any atom is -0.456 e. The Hall–Kier alpha value is -11.1. The Kier molecular flexibility index (Phi) is 11.8. The summed E-state index contributed by atoms with van der Waals surface area (Å²) in [5.74, 6) is 0. The molecule has 0 amide bonds. The molecule has 0 saturated carbocycles. The summed E-state index contributed by atoms with van der Waals surface area (Å²) in [6, 6.07) is 122. The number of aromatic nitrogens is 2. The number of hydrogen-bond acceptors (Lipinski definition) is 2. The van der Waals surface area contributed by atoms with E-state index < -0.39 is 8.07 Å². The van der Waals surface area contributed by atoms with Crippen LogP contribution in [0.1, 0.15) is 0 Å². The first-order valence-corrected chi connectivity index (χ1v) is 33.8. The summed E-state index contributed by atoms with van der Waals surface area (Å²) in [5.41, 5.74) is 18.3. The number of furan rings is 1. The zero-order chi connectivity index (χ0) is 58.6. The molecule has 0 aliphatic heterocycles. The summed E-state index contributed by atoms with van der Waals surface area (Å²) >= 11 is 1.87. The summed E-state index contributed by atoms with van der Waals surface area (Å²) in [6.45, 7) is 0. The van der Waals surface area contributed by atoms with Crippen molar-refractivity contribution in [1.29, 1.82) is 0 Å². The summed E-state index contributed by atoms with van der Waals surface area (Å²) in [7, 11) is -3.15. The second-order valence-electron chi connectivity index (χ2n) is 23.8. The fourth-order valence-corrected chi connectivity index (χ4v) is 21.5. The maximum Gasteiger partial charge on any atom is 0.135 e. The zero-order valence-corrected chi connectivity index (χ0v) is 50.4. The maximum absolute atomic E-state index is 6.35. The molecule has 0 saturated heterocycles. The molecule has 0 spiro atoms. The standard InChI is InChI=1S/C84H55N2OSSi/c1-5-22-63(23-6-1)85-77-33-15-13-31-69(77)71-49-58(35-41-78(71)85)59-36-42-79-72(50-59)73-51-60(37-43-80(73)86(79)64-40-44-82-74(54-64)70-32-14-16-34-81(70)87-82)62-39-46-84-76(53-62)75-52-61(38-45-83(75)88-84)56-20-17-19-55(47-56)57-21-18-30-68(48-57)89(65-24-7-2-8-25-65,66-26-9-3-10-27-66)67-28-11-4-12-29-67/h1-54,89H/q-1. The molecule has 0 radical (unpaired) electrons. The largest absolute Gasteiger partial charge is 0.456 e. The van der Waals surface area contributed by atoms with Crippen molar-refractivity contribution in [3.63, 3.8) is 0 Å². The average Bonchev–Trinajstić information content (AvgIpc) is 1.83. The smallest absolute Gasteiger partial charge is 0.135 e. The van der Waals surface area contributed by atoms with E-state index in [1.807, 2.05) is 17.4 Å². The number of para-hydroxylation sites is 3. The maximum atomic E-state index is 6.35. The normalized spacial score (nSPS) is 12.2. The first-order valence-electron chi connectivity index (χ1n) is 30.7. The van der Waals surface area contributed by atoms with Crippen LogP contribution in [0.4, 0.5) is 0 Å². The molecule has 0 fully saturated rings. The Morgan fingerprint density at radius 1 is 0.225 bits per heavy atom. The van der Waals surface area contributed by atoms with Gasteiger partial charge in [-0.2, -0.15) is 0 Å². The fraction of sp³-hybridized carbons (Fsp3) is 0. The minimum absolute atomic E-state index is 0.887. The van der Waals surface area contributed by atoms with Crippen LogP contribution in [-0.2, 0) is 0 Å². The minimum atomic E-state index is -3.15. The average molecular weight is 1170 g/mol. The fourth-order valence-electron chi connectivity index (χ4n) is 14.9. The Morgan fingerprint density at radius 2 is 0.618 bits per heavy atom. The first-order chi connectivity index (χ1) is 44.1. The van der Waals surface area contributed by atoms with Crippen molar-refractivity contribution in [3.05, 3.63) is 328 Å². The molecule has 0 atom stereocenters. The van der Waals surface area contributed by atoms with Gasteiger partial charge < -0.3 is 13.6 Å². The van der Waals surface area contributed by atoms with Crippen LogP contribution in [0, 0.1) is 0 Å². The van der Waals surface area contributed by atoms with Crippen LogP contribution < -0.4 is 20.7 Å². The van der Waals surface area contributed by atoms with Crippen LogP contribution in [0.2, 0.25) is 0 Å². The van der Waals surface area contributed by atoms with E-state index in [1.165, 1.54) is 118 Å². The van der Waals surface area contributed by atoms with Gasteiger partial charge in [-0.25, -0.2) is 0 Å². The monoisotopic (exact) mass is 1170 g/mol. The van der Waals surface area contributed by atoms with E-state index in [9.17, 15) is 0 Å². The SMILES string of the molecule is c1ccc(-n2c3ccccc3c3cc(-c4ccc5c(c4)c4cc(-c6ccc7sc8ccc(-c9cccc(-c%10cccc([SiH-](c%11ccccc%11)(c%11ccccc%11)c%11ccccc%11)c%10)c9)cc8c7c6)ccc4n5-c4ccc5oc6ccccc6c5c4)ccc32)cc1. The number of fused-ring (bicyclic) bond motifs is 12. The van der Waals surface area contributed by atoms with Gasteiger partial charge in [0.15, 0.2) is 0 Å². The number of hydrogen-bond donors (Lipinski definition) is 0. The van der Waals surface area contributed by atoms with E-state index in [1.54, 1.807) is 0 Å². The second kappa shape index (κ2) is 20.5. The summed E-state index contributed by atoms with van der Waals surface area (Å²) in [5, 5.41) is 15.2. The van der Waals surface area contributed by atoms with Gasteiger partial charge >= 0.3 is 258 Å². The summed E-state index contributed by atoms with van der Waals surface area (Å²) < 4.78 is 13.7. The van der Waals surface area contributed by atoms with E-state index in [0.29, 0.717) is 0 Å². The van der Waals surface area contributed by atoms with Crippen molar-refractivity contribution < 1.29 is 4.42 Å². The summed E-state index contributed by atoms with van der Waals surface area (Å²) in [4.78, 5) is 0. The van der Waals surface area contributed by atoms with Gasteiger partial charge in [0.25, 0.3) is 0 Å². The zero-order valence-electron chi connectivity index (χ0n) is 48.5. The van der Waals surface area contributed by atoms with Crippen molar-refractivity contribution in [3.8, 4) is 55.9 Å². The Bertz CT molecular complexity index is 5700. The predicted molar refractivity (Wildman–Crippen MR) is 382 cm³/mol. The molecule has 0 bridgehead atoms. The van der Waals surface area contributed by atoms with Crippen LogP contribution in [-0.4, -0.2) is 17.2 Å². The van der Waals surface area contributed by atoms with Gasteiger partial charge in [0.1, 0.15) is 11.2 Å². The van der Waals surface area contributed by atoms with Crippen molar-refractivity contribution in [2.45, 2.75) is 0 Å². The number of benzene rings is 14. The van der Waals surface area contributed by atoms with Crippen molar-refractivity contribution in [2.75, 3.05) is 0 Å². The predicted octanol–water partition coefficient (Wildman–Crippen LogP) is 19.9. The quantitative estimate of drug-likeness (QED) is 0.0989. The third-order valence-electron chi connectivity index (χ3n) is 19.0. The van der Waals surface area contributed by atoms with Crippen molar-refractivity contribution in [1.82, 2.24) is 9.13 Å². The molecule has 5 heteroatoms. The van der Waals surface area contributed by atoms with Gasteiger partial charge in [0.05, 0.1) is 22.1 Å². The van der Waals surface area contributed by atoms with E-state index in [4.69, 9.17) is 4.42 Å². The van der Waals surface area contributed by atoms with Gasteiger partial charge in [-0.1, -0.05) is 78.9 Å². The molecular formula is C84H55N2OSSi-. The molecule has 4 aromatic heterocycles. The summed E-state index contributed by atoms with van der Waals surface area (Å²) in [6.07, 6.45) is 0. The number of rotatable bonds is 10. The van der Waals surface area contributed by atoms with Gasteiger partial charge in [0, 0.05) is 43.7 Å². The van der Waals surface area contributed by atoms with E-state index >= 15 is 0 Å². The third-order valence-corrected chi connectivity index (χ3v) is 25.7. The van der Waals surface area contributed by atoms with Gasteiger partial charge in [-0.3, -0.25) is 0 Å². The third kappa shape index (κ3) is 8.24. The van der Waals surface area contributed by atoms with Gasteiger partial charge in [0.2, 0.25) is 0 Å². The molecule has 0 aliphatic carbocycles. The van der Waals surface area contributed by atoms with Crippen LogP contribution in [0.3, 0.4) is 0 Å². The van der Waals surface area contributed by atoms with E-state index in [0.717, 1.165) is 44.3 Å². The molecule has 0 unspecified atom stereocenters. The molecule has 0 aliphatic rings. The molecule has 0 N–H and O–H groups in total. The molecule has 418 valence electrons. The number of thiophene rings is 1. The van der Waals surface area contributed by atoms with E-state index in [-0.39, 0.29) is 0 Å². The van der Waals surface area contributed by atoms with Gasteiger partial charge in [-0.15, -0.1) is 0 Å². The molecule has 89 heavy (non-hydrogen) atoms.